The van der Waals surface area contributed by atoms with Gasteiger partial charge in [-0.1, -0.05) is 6.07 Å². The number of carboxylic acid groups (broad SMARTS) is 1. The fourth-order valence-electron chi connectivity index (χ4n) is 2.31. The van der Waals surface area contributed by atoms with Crippen LogP contribution in [0.4, 0.5) is 17.6 Å². The second kappa shape index (κ2) is 6.33. The van der Waals surface area contributed by atoms with E-state index in [1.54, 1.807) is 0 Å². The molecule has 3 atom stereocenters. The number of hydrogen-bond donors (Lipinski definition) is 2. The smallest absolute Gasteiger partial charge is 0.326 e. The summed E-state index contributed by atoms with van der Waals surface area (Å²) in [6, 6.07) is 1.28. The lowest BCUT2D eigenvalue weighted by atomic mass is 10.1. The maximum absolute atomic E-state index is 13.6. The number of alkyl halides is 2. The third-order valence-electron chi connectivity index (χ3n) is 3.52. The maximum atomic E-state index is 13.6. The van der Waals surface area contributed by atoms with Gasteiger partial charge in [0.25, 0.3) is 0 Å². The van der Waals surface area contributed by atoms with Crippen molar-refractivity contribution in [3.05, 3.63) is 35.4 Å². The van der Waals surface area contributed by atoms with Crippen molar-refractivity contribution in [1.82, 2.24) is 5.32 Å². The standard InChI is InChI=1S/C14H13F4NO3/c15-6-1-2-7(10(16)3-6)8-4-9(8)13(20)19-11(14(21)22)5-12(17)18/h1-3,8-9,11-12H,4-5H2,(H,19,20)(H,21,22). The largest absolute Gasteiger partial charge is 0.480 e. The molecule has 0 aromatic heterocycles. The van der Waals surface area contributed by atoms with E-state index in [-0.39, 0.29) is 12.0 Å². The average Bonchev–Trinajstić information content (AvgIpc) is 3.17. The average molecular weight is 319 g/mol. The minimum absolute atomic E-state index is 0.155. The molecule has 2 rings (SSSR count). The molecule has 22 heavy (non-hydrogen) atoms. The van der Waals surface area contributed by atoms with Crippen LogP contribution in [0, 0.1) is 17.6 Å². The van der Waals surface area contributed by atoms with E-state index in [4.69, 9.17) is 5.11 Å². The Morgan fingerprint density at radius 3 is 2.55 bits per heavy atom. The van der Waals surface area contributed by atoms with Gasteiger partial charge in [0, 0.05) is 18.4 Å². The Labute approximate surface area is 123 Å². The minimum Gasteiger partial charge on any atom is -0.480 e. The van der Waals surface area contributed by atoms with Crippen LogP contribution in [0.25, 0.3) is 0 Å². The fourth-order valence-corrected chi connectivity index (χ4v) is 2.31. The summed E-state index contributed by atoms with van der Waals surface area (Å²) in [5.74, 6) is -5.00. The number of aliphatic carboxylic acids is 1. The highest BCUT2D eigenvalue weighted by Crippen LogP contribution is 2.48. The molecule has 2 N–H and O–H groups in total. The van der Waals surface area contributed by atoms with E-state index in [0.717, 1.165) is 6.07 Å². The molecule has 4 nitrogen and oxygen atoms in total. The predicted octanol–water partition coefficient (Wildman–Crippen LogP) is 2.29. The predicted molar refractivity (Wildman–Crippen MR) is 67.4 cm³/mol. The van der Waals surface area contributed by atoms with E-state index in [1.807, 2.05) is 5.32 Å². The molecule has 1 aliphatic carbocycles. The summed E-state index contributed by atoms with van der Waals surface area (Å²) < 4.78 is 50.9. The van der Waals surface area contributed by atoms with Crippen LogP contribution >= 0.6 is 0 Å². The molecule has 1 fully saturated rings. The van der Waals surface area contributed by atoms with Crippen LogP contribution in [0.2, 0.25) is 0 Å². The van der Waals surface area contributed by atoms with Crippen molar-refractivity contribution in [2.24, 2.45) is 5.92 Å². The van der Waals surface area contributed by atoms with Crippen molar-refractivity contribution in [2.45, 2.75) is 31.2 Å². The van der Waals surface area contributed by atoms with Crippen molar-refractivity contribution in [2.75, 3.05) is 0 Å². The summed E-state index contributed by atoms with van der Waals surface area (Å²) >= 11 is 0. The molecular formula is C14H13F4NO3. The molecule has 1 aromatic rings. The van der Waals surface area contributed by atoms with E-state index in [9.17, 15) is 27.2 Å². The summed E-state index contributed by atoms with van der Waals surface area (Å²) in [6.07, 6.45) is -3.61. The number of hydrogen-bond acceptors (Lipinski definition) is 2. The molecule has 8 heteroatoms. The monoisotopic (exact) mass is 319 g/mol. The first-order valence-corrected chi connectivity index (χ1v) is 6.56. The first-order chi connectivity index (χ1) is 10.3. The van der Waals surface area contributed by atoms with E-state index in [2.05, 4.69) is 0 Å². The van der Waals surface area contributed by atoms with Gasteiger partial charge in [-0.2, -0.15) is 0 Å². The molecule has 1 aliphatic rings. The minimum atomic E-state index is -2.87. The number of carbonyl (C=O) groups is 2. The number of rotatable bonds is 6. The van der Waals surface area contributed by atoms with Crippen LogP contribution in [0.3, 0.4) is 0 Å². The molecule has 0 heterocycles. The van der Waals surface area contributed by atoms with Crippen LogP contribution in [0.5, 0.6) is 0 Å². The molecule has 0 spiro atoms. The number of carbonyl (C=O) groups excluding carboxylic acids is 1. The Kier molecular flexibility index (Phi) is 4.68. The number of benzene rings is 1. The highest BCUT2D eigenvalue weighted by Gasteiger charge is 2.46. The van der Waals surface area contributed by atoms with Gasteiger partial charge < -0.3 is 10.4 Å². The molecule has 120 valence electrons. The van der Waals surface area contributed by atoms with Crippen LogP contribution in [-0.4, -0.2) is 29.5 Å². The zero-order valence-corrected chi connectivity index (χ0v) is 11.2. The topological polar surface area (TPSA) is 66.4 Å². The van der Waals surface area contributed by atoms with Gasteiger partial charge >= 0.3 is 5.97 Å². The zero-order chi connectivity index (χ0) is 16.4. The maximum Gasteiger partial charge on any atom is 0.326 e. The van der Waals surface area contributed by atoms with Crippen molar-refractivity contribution < 1.29 is 32.3 Å². The molecular weight excluding hydrogens is 306 g/mol. The molecule has 1 saturated carbocycles. The molecule has 1 aromatic carbocycles. The van der Waals surface area contributed by atoms with Crippen molar-refractivity contribution in [1.29, 1.82) is 0 Å². The van der Waals surface area contributed by atoms with Crippen LogP contribution in [0.15, 0.2) is 18.2 Å². The fraction of sp³-hybridized carbons (Fsp3) is 0.429. The summed E-state index contributed by atoms with van der Waals surface area (Å²) in [5.41, 5.74) is 0.155. The van der Waals surface area contributed by atoms with Gasteiger partial charge in [0.15, 0.2) is 0 Å². The summed E-state index contributed by atoms with van der Waals surface area (Å²) in [6.45, 7) is 0. The second-order valence-electron chi connectivity index (χ2n) is 5.14. The van der Waals surface area contributed by atoms with E-state index in [1.165, 1.54) is 6.07 Å². The zero-order valence-electron chi connectivity index (χ0n) is 11.2. The SMILES string of the molecule is O=C(O)C(CC(F)F)NC(=O)C1CC1c1ccc(F)cc1F. The first-order valence-electron chi connectivity index (χ1n) is 6.56. The van der Waals surface area contributed by atoms with Gasteiger partial charge in [-0.15, -0.1) is 0 Å². The summed E-state index contributed by atoms with van der Waals surface area (Å²) in [7, 11) is 0. The third kappa shape index (κ3) is 3.75. The Bertz CT molecular complexity index is 593. The molecule has 0 saturated heterocycles. The number of nitrogens with one attached hydrogen (secondary N) is 1. The summed E-state index contributed by atoms with van der Waals surface area (Å²) in [4.78, 5) is 22.7. The Morgan fingerprint density at radius 2 is 2.00 bits per heavy atom. The quantitative estimate of drug-likeness (QED) is 0.791. The van der Waals surface area contributed by atoms with Crippen LogP contribution in [-0.2, 0) is 9.59 Å². The van der Waals surface area contributed by atoms with Crippen molar-refractivity contribution in [3.63, 3.8) is 0 Å². The lowest BCUT2D eigenvalue weighted by molar-refractivity contribution is -0.143. The normalized spacial score (nSPS) is 21.5. The molecule has 3 unspecified atom stereocenters. The number of halogens is 4. The highest BCUT2D eigenvalue weighted by atomic mass is 19.3. The van der Waals surface area contributed by atoms with Gasteiger partial charge in [0.1, 0.15) is 17.7 Å². The van der Waals surface area contributed by atoms with Crippen molar-refractivity contribution in [3.8, 4) is 0 Å². The number of carboxylic acids is 1. The summed E-state index contributed by atoms with van der Waals surface area (Å²) in [5, 5.41) is 10.8. The first kappa shape index (κ1) is 16.3. The van der Waals surface area contributed by atoms with E-state index < -0.39 is 54.2 Å². The third-order valence-corrected chi connectivity index (χ3v) is 3.52. The highest BCUT2D eigenvalue weighted by molar-refractivity contribution is 5.87. The van der Waals surface area contributed by atoms with Gasteiger partial charge in [0.2, 0.25) is 12.3 Å². The Morgan fingerprint density at radius 1 is 1.32 bits per heavy atom. The van der Waals surface area contributed by atoms with Gasteiger partial charge in [-0.25, -0.2) is 22.4 Å². The molecule has 0 bridgehead atoms. The second-order valence-corrected chi connectivity index (χ2v) is 5.14. The molecule has 1 amide bonds. The van der Waals surface area contributed by atoms with Gasteiger partial charge in [-0.05, 0) is 24.0 Å². The lowest BCUT2D eigenvalue weighted by Crippen LogP contribution is -2.42. The van der Waals surface area contributed by atoms with Gasteiger partial charge in [-0.3, -0.25) is 4.79 Å². The Balaban J connectivity index is 1.99. The van der Waals surface area contributed by atoms with E-state index in [0.29, 0.717) is 6.07 Å². The number of amides is 1. The van der Waals surface area contributed by atoms with E-state index >= 15 is 0 Å². The Hall–Kier alpha value is -2.12. The van der Waals surface area contributed by atoms with Crippen LogP contribution < -0.4 is 5.32 Å². The van der Waals surface area contributed by atoms with Gasteiger partial charge in [0.05, 0.1) is 0 Å². The van der Waals surface area contributed by atoms with Crippen molar-refractivity contribution >= 4 is 11.9 Å². The molecule has 0 radical (unpaired) electrons. The molecule has 0 aliphatic heterocycles. The lowest BCUT2D eigenvalue weighted by Gasteiger charge is -2.14. The van der Waals surface area contributed by atoms with Crippen LogP contribution in [0.1, 0.15) is 24.3 Å².